The summed E-state index contributed by atoms with van der Waals surface area (Å²) in [5, 5.41) is 3.40. The summed E-state index contributed by atoms with van der Waals surface area (Å²) in [4.78, 5) is 2.88. The maximum Gasteiger partial charge on any atom is 0.0591 e. The molecule has 0 atom stereocenters. The maximum atomic E-state index is 5.50. The Morgan fingerprint density at radius 1 is 1.31 bits per heavy atom. The summed E-state index contributed by atoms with van der Waals surface area (Å²) in [5.41, 5.74) is 0. The average Bonchev–Trinajstić information content (AvgIpc) is 2.70. The minimum Gasteiger partial charge on any atom is -0.380 e. The molecule has 0 fully saturated rings. The Balaban J connectivity index is 2.02. The number of hydrogen-bond acceptors (Lipinski definition) is 3. The molecule has 0 aliphatic heterocycles. The van der Waals surface area contributed by atoms with E-state index in [2.05, 4.69) is 38.2 Å². The zero-order valence-corrected chi connectivity index (χ0v) is 11.4. The van der Waals surface area contributed by atoms with Gasteiger partial charge < -0.3 is 10.1 Å². The average molecular weight is 241 g/mol. The van der Waals surface area contributed by atoms with Gasteiger partial charge in [-0.3, -0.25) is 0 Å². The van der Waals surface area contributed by atoms with Crippen molar-refractivity contribution in [2.45, 2.75) is 33.7 Å². The molecule has 0 aromatic carbocycles. The normalized spacial score (nSPS) is 11.2. The summed E-state index contributed by atoms with van der Waals surface area (Å²) in [7, 11) is 0. The summed E-state index contributed by atoms with van der Waals surface area (Å²) < 4.78 is 5.50. The van der Waals surface area contributed by atoms with E-state index in [-0.39, 0.29) is 0 Å². The van der Waals surface area contributed by atoms with Crippen molar-refractivity contribution in [1.82, 2.24) is 5.32 Å². The van der Waals surface area contributed by atoms with Crippen molar-refractivity contribution in [3.8, 4) is 0 Å². The molecule has 0 unspecified atom stereocenters. The van der Waals surface area contributed by atoms with E-state index in [4.69, 9.17) is 4.74 Å². The highest BCUT2D eigenvalue weighted by molar-refractivity contribution is 7.11. The molecular weight excluding hydrogens is 218 g/mol. The number of thiophene rings is 1. The number of hydrogen-bond donors (Lipinski definition) is 1. The molecule has 0 amide bonds. The first-order valence-electron chi connectivity index (χ1n) is 6.08. The quantitative estimate of drug-likeness (QED) is 0.706. The van der Waals surface area contributed by atoms with Crippen LogP contribution in [0.4, 0.5) is 0 Å². The molecule has 0 spiro atoms. The van der Waals surface area contributed by atoms with E-state index in [0.717, 1.165) is 32.7 Å². The van der Waals surface area contributed by atoms with Crippen LogP contribution in [0.25, 0.3) is 0 Å². The Bertz CT molecular complexity index is 283. The third-order valence-corrected chi connectivity index (χ3v) is 3.47. The molecule has 0 saturated heterocycles. The standard InChI is InChI=1S/C13H23NOS/c1-4-12-5-6-13(16-12)9-14-7-8-15-10-11(2)3/h5-6,11,14H,4,7-10H2,1-3H3. The molecular formula is C13H23NOS. The van der Waals surface area contributed by atoms with Gasteiger partial charge in [-0.05, 0) is 24.5 Å². The van der Waals surface area contributed by atoms with Gasteiger partial charge in [0.15, 0.2) is 0 Å². The third-order valence-electron chi connectivity index (χ3n) is 2.24. The Morgan fingerprint density at radius 2 is 2.06 bits per heavy atom. The second-order valence-corrected chi connectivity index (χ2v) is 5.62. The highest BCUT2D eigenvalue weighted by Gasteiger charge is 1.98. The maximum absolute atomic E-state index is 5.50. The molecule has 16 heavy (non-hydrogen) atoms. The molecule has 3 heteroatoms. The third kappa shape index (κ3) is 5.64. The van der Waals surface area contributed by atoms with Gasteiger partial charge in [-0.1, -0.05) is 20.8 Å². The first-order valence-corrected chi connectivity index (χ1v) is 6.90. The second-order valence-electron chi connectivity index (χ2n) is 4.37. The molecule has 1 aromatic heterocycles. The van der Waals surface area contributed by atoms with Gasteiger partial charge >= 0.3 is 0 Å². The Morgan fingerprint density at radius 3 is 2.69 bits per heavy atom. The van der Waals surface area contributed by atoms with E-state index < -0.39 is 0 Å². The van der Waals surface area contributed by atoms with Crippen molar-refractivity contribution in [1.29, 1.82) is 0 Å². The van der Waals surface area contributed by atoms with Crippen molar-refractivity contribution in [2.24, 2.45) is 5.92 Å². The van der Waals surface area contributed by atoms with Gasteiger partial charge in [-0.15, -0.1) is 11.3 Å². The zero-order valence-electron chi connectivity index (χ0n) is 10.6. The molecule has 92 valence electrons. The largest absolute Gasteiger partial charge is 0.380 e. The zero-order chi connectivity index (χ0) is 11.8. The predicted octanol–water partition coefficient (Wildman–Crippen LogP) is 3.07. The fraction of sp³-hybridized carbons (Fsp3) is 0.692. The van der Waals surface area contributed by atoms with Gasteiger partial charge in [0.1, 0.15) is 0 Å². The molecule has 0 saturated carbocycles. The molecule has 1 aromatic rings. The monoisotopic (exact) mass is 241 g/mol. The van der Waals surface area contributed by atoms with Crippen LogP contribution in [-0.2, 0) is 17.7 Å². The molecule has 0 radical (unpaired) electrons. The molecule has 0 aliphatic rings. The number of aryl methyl sites for hydroxylation is 1. The summed E-state index contributed by atoms with van der Waals surface area (Å²) in [6, 6.07) is 4.43. The van der Waals surface area contributed by atoms with Crippen LogP contribution in [-0.4, -0.2) is 19.8 Å². The Hall–Kier alpha value is -0.380. The lowest BCUT2D eigenvalue weighted by atomic mass is 10.2. The van der Waals surface area contributed by atoms with Crippen molar-refractivity contribution < 1.29 is 4.74 Å². The highest BCUT2D eigenvalue weighted by Crippen LogP contribution is 2.16. The van der Waals surface area contributed by atoms with E-state index in [1.54, 1.807) is 0 Å². The lowest BCUT2D eigenvalue weighted by Crippen LogP contribution is -2.19. The minimum atomic E-state index is 0.629. The molecule has 2 nitrogen and oxygen atoms in total. The van der Waals surface area contributed by atoms with Crippen LogP contribution in [0.15, 0.2) is 12.1 Å². The molecule has 0 bridgehead atoms. The van der Waals surface area contributed by atoms with Gasteiger partial charge in [0.25, 0.3) is 0 Å². The van der Waals surface area contributed by atoms with Crippen molar-refractivity contribution in [3.05, 3.63) is 21.9 Å². The number of rotatable bonds is 8. The number of ether oxygens (including phenoxy) is 1. The van der Waals surface area contributed by atoms with Crippen LogP contribution in [0.2, 0.25) is 0 Å². The smallest absolute Gasteiger partial charge is 0.0591 e. The van der Waals surface area contributed by atoms with Crippen molar-refractivity contribution in [2.75, 3.05) is 19.8 Å². The van der Waals surface area contributed by atoms with E-state index in [9.17, 15) is 0 Å². The van der Waals surface area contributed by atoms with E-state index in [1.165, 1.54) is 9.75 Å². The summed E-state index contributed by atoms with van der Waals surface area (Å²) >= 11 is 1.90. The lowest BCUT2D eigenvalue weighted by molar-refractivity contribution is 0.111. The lowest BCUT2D eigenvalue weighted by Gasteiger charge is -2.07. The number of nitrogens with one attached hydrogen (secondary N) is 1. The van der Waals surface area contributed by atoms with E-state index in [0.29, 0.717) is 5.92 Å². The van der Waals surface area contributed by atoms with Crippen LogP contribution in [0.3, 0.4) is 0 Å². The second kappa shape index (κ2) is 7.82. The summed E-state index contributed by atoms with van der Waals surface area (Å²) in [6.07, 6.45) is 1.14. The van der Waals surface area contributed by atoms with Crippen LogP contribution in [0.1, 0.15) is 30.5 Å². The van der Waals surface area contributed by atoms with Crippen LogP contribution < -0.4 is 5.32 Å². The fourth-order valence-corrected chi connectivity index (χ4v) is 2.31. The van der Waals surface area contributed by atoms with Gasteiger partial charge in [0.05, 0.1) is 6.61 Å². The van der Waals surface area contributed by atoms with Gasteiger partial charge in [-0.2, -0.15) is 0 Å². The van der Waals surface area contributed by atoms with E-state index in [1.807, 2.05) is 11.3 Å². The SMILES string of the molecule is CCc1ccc(CNCCOCC(C)C)s1. The minimum absolute atomic E-state index is 0.629. The summed E-state index contributed by atoms with van der Waals surface area (Å²) in [6.45, 7) is 10.1. The highest BCUT2D eigenvalue weighted by atomic mass is 32.1. The van der Waals surface area contributed by atoms with Gasteiger partial charge in [0, 0.05) is 29.5 Å². The molecule has 0 aliphatic carbocycles. The van der Waals surface area contributed by atoms with Crippen LogP contribution in [0.5, 0.6) is 0 Å². The summed E-state index contributed by atoms with van der Waals surface area (Å²) in [5.74, 6) is 0.629. The first-order chi connectivity index (χ1) is 7.72. The van der Waals surface area contributed by atoms with E-state index >= 15 is 0 Å². The van der Waals surface area contributed by atoms with Crippen LogP contribution in [0, 0.1) is 5.92 Å². The Kier molecular flexibility index (Phi) is 6.69. The first kappa shape index (κ1) is 13.7. The van der Waals surface area contributed by atoms with Crippen molar-refractivity contribution >= 4 is 11.3 Å². The van der Waals surface area contributed by atoms with Gasteiger partial charge in [-0.25, -0.2) is 0 Å². The fourth-order valence-electron chi connectivity index (χ4n) is 1.38. The Labute approximate surface area is 103 Å². The van der Waals surface area contributed by atoms with Crippen molar-refractivity contribution in [3.63, 3.8) is 0 Å². The van der Waals surface area contributed by atoms with Crippen LogP contribution >= 0.6 is 11.3 Å². The predicted molar refractivity (Wildman–Crippen MR) is 71.1 cm³/mol. The molecule has 1 N–H and O–H groups in total. The molecule has 1 rings (SSSR count). The molecule has 1 heterocycles. The van der Waals surface area contributed by atoms with Gasteiger partial charge in [0.2, 0.25) is 0 Å². The topological polar surface area (TPSA) is 21.3 Å².